The second-order valence-corrected chi connectivity index (χ2v) is 6.63. The summed E-state index contributed by atoms with van der Waals surface area (Å²) in [6.45, 7) is 4.22. The fourth-order valence-electron chi connectivity index (χ4n) is 2.87. The van der Waals surface area contributed by atoms with Crippen molar-refractivity contribution in [2.75, 3.05) is 20.1 Å². The van der Waals surface area contributed by atoms with Crippen molar-refractivity contribution in [3.05, 3.63) is 29.0 Å². The molecule has 0 radical (unpaired) electrons. The SMILES string of the molecule is CN=C(NCCc1ccc(Cl)nc1)NCC1CCC(C)CC1.I. The van der Waals surface area contributed by atoms with Crippen LogP contribution in [0.2, 0.25) is 5.15 Å². The van der Waals surface area contributed by atoms with Crippen molar-refractivity contribution in [1.29, 1.82) is 0 Å². The van der Waals surface area contributed by atoms with Crippen LogP contribution in [0.1, 0.15) is 38.2 Å². The zero-order valence-corrected chi connectivity index (χ0v) is 17.1. The molecular formula is C17H28ClIN4. The first-order chi connectivity index (χ1) is 10.7. The molecule has 1 saturated carbocycles. The van der Waals surface area contributed by atoms with Crippen molar-refractivity contribution in [3.8, 4) is 0 Å². The number of guanidine groups is 1. The number of aliphatic imine (C=N–C) groups is 1. The Morgan fingerprint density at radius 1 is 1.26 bits per heavy atom. The predicted molar refractivity (Wildman–Crippen MR) is 109 cm³/mol. The summed E-state index contributed by atoms with van der Waals surface area (Å²) in [5.41, 5.74) is 1.17. The third-order valence-electron chi connectivity index (χ3n) is 4.41. The summed E-state index contributed by atoms with van der Waals surface area (Å²) in [4.78, 5) is 8.38. The third-order valence-corrected chi connectivity index (χ3v) is 4.64. The standard InChI is InChI=1S/C17H27ClN4.HI/c1-13-3-5-14(6-4-13)12-22-17(19-2)20-10-9-15-7-8-16(18)21-11-15;/h7-8,11,13-14H,3-6,9-10,12H2,1-2H3,(H2,19,20,22);1H. The summed E-state index contributed by atoms with van der Waals surface area (Å²) in [6, 6.07) is 3.84. The van der Waals surface area contributed by atoms with E-state index in [0.717, 1.165) is 37.3 Å². The van der Waals surface area contributed by atoms with E-state index in [2.05, 4.69) is 27.5 Å². The van der Waals surface area contributed by atoms with Gasteiger partial charge in [0.15, 0.2) is 5.96 Å². The monoisotopic (exact) mass is 450 g/mol. The fraction of sp³-hybridized carbons (Fsp3) is 0.647. The molecule has 1 fully saturated rings. The summed E-state index contributed by atoms with van der Waals surface area (Å²) < 4.78 is 0. The second-order valence-electron chi connectivity index (χ2n) is 6.24. The van der Waals surface area contributed by atoms with Gasteiger partial charge in [-0.3, -0.25) is 4.99 Å². The van der Waals surface area contributed by atoms with Gasteiger partial charge in [-0.15, -0.1) is 24.0 Å². The molecule has 0 aromatic carbocycles. The van der Waals surface area contributed by atoms with E-state index in [1.165, 1.54) is 31.2 Å². The number of nitrogens with one attached hydrogen (secondary N) is 2. The molecule has 1 aromatic heterocycles. The molecule has 0 spiro atoms. The van der Waals surface area contributed by atoms with E-state index in [-0.39, 0.29) is 24.0 Å². The molecule has 23 heavy (non-hydrogen) atoms. The maximum absolute atomic E-state index is 5.79. The Labute approximate surface area is 161 Å². The Balaban J connectivity index is 0.00000264. The Kier molecular flexibility index (Phi) is 9.86. The van der Waals surface area contributed by atoms with Gasteiger partial charge in [0.1, 0.15) is 5.15 Å². The lowest BCUT2D eigenvalue weighted by Gasteiger charge is -2.26. The lowest BCUT2D eigenvalue weighted by molar-refractivity contribution is 0.289. The van der Waals surface area contributed by atoms with Crippen LogP contribution in [0, 0.1) is 11.8 Å². The number of halogens is 2. The van der Waals surface area contributed by atoms with Crippen molar-refractivity contribution in [2.45, 2.75) is 39.0 Å². The molecule has 0 saturated heterocycles. The molecule has 0 aliphatic heterocycles. The number of nitrogens with zero attached hydrogens (tertiary/aromatic N) is 2. The smallest absolute Gasteiger partial charge is 0.190 e. The summed E-state index contributed by atoms with van der Waals surface area (Å²) >= 11 is 5.79. The van der Waals surface area contributed by atoms with Gasteiger partial charge in [-0.25, -0.2) is 4.98 Å². The van der Waals surface area contributed by atoms with E-state index in [9.17, 15) is 0 Å². The van der Waals surface area contributed by atoms with Gasteiger partial charge >= 0.3 is 0 Å². The van der Waals surface area contributed by atoms with E-state index >= 15 is 0 Å². The quantitative estimate of drug-likeness (QED) is 0.310. The van der Waals surface area contributed by atoms with Gasteiger partial charge in [0.05, 0.1) is 0 Å². The van der Waals surface area contributed by atoms with Crippen LogP contribution in [0.3, 0.4) is 0 Å². The highest BCUT2D eigenvalue weighted by Crippen LogP contribution is 2.27. The van der Waals surface area contributed by atoms with Gasteiger partial charge in [0, 0.05) is 26.3 Å². The Morgan fingerprint density at radius 2 is 2.00 bits per heavy atom. The minimum Gasteiger partial charge on any atom is -0.356 e. The first-order valence-electron chi connectivity index (χ1n) is 8.22. The van der Waals surface area contributed by atoms with Gasteiger partial charge < -0.3 is 10.6 Å². The van der Waals surface area contributed by atoms with E-state index in [4.69, 9.17) is 11.6 Å². The van der Waals surface area contributed by atoms with Gasteiger partial charge in [-0.1, -0.05) is 37.4 Å². The van der Waals surface area contributed by atoms with Crippen molar-refractivity contribution < 1.29 is 0 Å². The van der Waals surface area contributed by atoms with Crippen LogP contribution < -0.4 is 10.6 Å². The lowest BCUT2D eigenvalue weighted by atomic mass is 9.83. The number of hydrogen-bond acceptors (Lipinski definition) is 2. The molecule has 2 N–H and O–H groups in total. The molecule has 4 nitrogen and oxygen atoms in total. The summed E-state index contributed by atoms with van der Waals surface area (Å²) in [5.74, 6) is 2.58. The van der Waals surface area contributed by atoms with Crippen molar-refractivity contribution in [3.63, 3.8) is 0 Å². The normalized spacial score (nSPS) is 21.4. The average molecular weight is 451 g/mol. The molecule has 1 aliphatic carbocycles. The van der Waals surface area contributed by atoms with Gasteiger partial charge in [0.25, 0.3) is 0 Å². The van der Waals surface area contributed by atoms with Gasteiger partial charge in [-0.05, 0) is 42.7 Å². The highest BCUT2D eigenvalue weighted by atomic mass is 127. The largest absolute Gasteiger partial charge is 0.356 e. The van der Waals surface area contributed by atoms with Crippen LogP contribution in [0.25, 0.3) is 0 Å². The molecule has 6 heteroatoms. The average Bonchev–Trinajstić information content (AvgIpc) is 2.54. The van der Waals surface area contributed by atoms with Gasteiger partial charge in [-0.2, -0.15) is 0 Å². The Hall–Kier alpha value is -0.560. The predicted octanol–water partition coefficient (Wildman–Crippen LogP) is 3.89. The van der Waals surface area contributed by atoms with E-state index in [1.807, 2.05) is 25.4 Å². The second kappa shape index (κ2) is 11.1. The number of rotatable bonds is 5. The molecule has 1 aliphatic rings. The Bertz CT molecular complexity index is 470. The number of aromatic nitrogens is 1. The lowest BCUT2D eigenvalue weighted by Crippen LogP contribution is -2.41. The summed E-state index contributed by atoms with van der Waals surface area (Å²) in [6.07, 6.45) is 8.13. The third kappa shape index (κ3) is 7.70. The molecule has 0 unspecified atom stereocenters. The maximum atomic E-state index is 5.79. The highest BCUT2D eigenvalue weighted by molar-refractivity contribution is 14.0. The molecule has 0 bridgehead atoms. The first-order valence-corrected chi connectivity index (χ1v) is 8.60. The van der Waals surface area contributed by atoms with Crippen LogP contribution in [0.4, 0.5) is 0 Å². The fourth-order valence-corrected chi connectivity index (χ4v) is 2.99. The van der Waals surface area contributed by atoms with Crippen LogP contribution in [-0.2, 0) is 6.42 Å². The highest BCUT2D eigenvalue weighted by Gasteiger charge is 2.18. The molecule has 0 amide bonds. The number of hydrogen-bond donors (Lipinski definition) is 2. The van der Waals surface area contributed by atoms with Crippen LogP contribution in [-0.4, -0.2) is 31.1 Å². The molecule has 1 heterocycles. The van der Waals surface area contributed by atoms with Crippen molar-refractivity contribution in [2.24, 2.45) is 16.8 Å². The van der Waals surface area contributed by atoms with E-state index in [1.54, 1.807) is 0 Å². The summed E-state index contributed by atoms with van der Waals surface area (Å²) in [7, 11) is 1.82. The molecular weight excluding hydrogens is 423 g/mol. The Morgan fingerprint density at radius 3 is 2.61 bits per heavy atom. The van der Waals surface area contributed by atoms with Crippen molar-refractivity contribution in [1.82, 2.24) is 15.6 Å². The van der Waals surface area contributed by atoms with Crippen LogP contribution in [0.5, 0.6) is 0 Å². The number of pyridine rings is 1. The minimum absolute atomic E-state index is 0. The van der Waals surface area contributed by atoms with E-state index < -0.39 is 0 Å². The molecule has 2 rings (SSSR count). The first kappa shape index (κ1) is 20.5. The molecule has 1 aromatic rings. The molecule has 130 valence electrons. The van der Waals surface area contributed by atoms with Crippen molar-refractivity contribution >= 4 is 41.5 Å². The minimum atomic E-state index is 0. The van der Waals surface area contributed by atoms with Crippen LogP contribution >= 0.6 is 35.6 Å². The topological polar surface area (TPSA) is 49.3 Å². The maximum Gasteiger partial charge on any atom is 0.190 e. The zero-order valence-electron chi connectivity index (χ0n) is 14.0. The zero-order chi connectivity index (χ0) is 15.8. The van der Waals surface area contributed by atoms with E-state index in [0.29, 0.717) is 5.15 Å². The van der Waals surface area contributed by atoms with Crippen LogP contribution in [0.15, 0.2) is 23.3 Å². The van der Waals surface area contributed by atoms with Gasteiger partial charge in [0.2, 0.25) is 0 Å². The summed E-state index contributed by atoms with van der Waals surface area (Å²) in [5, 5.41) is 7.35. The molecule has 0 atom stereocenters.